The van der Waals surface area contributed by atoms with Crippen LogP contribution in [0.3, 0.4) is 0 Å². The third-order valence-corrected chi connectivity index (χ3v) is 2.06. The van der Waals surface area contributed by atoms with E-state index in [0.29, 0.717) is 18.8 Å². The molecule has 0 spiro atoms. The number of aromatic nitrogens is 4. The van der Waals surface area contributed by atoms with Gasteiger partial charge in [-0.1, -0.05) is 0 Å². The minimum atomic E-state index is 0.663. The Hall–Kier alpha value is -2.09. The molecule has 0 unspecified atom stereocenters. The minimum absolute atomic E-state index is 0.663. The van der Waals surface area contributed by atoms with E-state index in [4.69, 9.17) is 6.42 Å². The van der Waals surface area contributed by atoms with Crippen molar-refractivity contribution in [1.29, 1.82) is 0 Å². The lowest BCUT2D eigenvalue weighted by Gasteiger charge is -2.03. The number of hydrogen-bond acceptors (Lipinski definition) is 4. The molecule has 15 heavy (non-hydrogen) atoms. The molecule has 0 atom stereocenters. The van der Waals surface area contributed by atoms with E-state index in [1.807, 2.05) is 17.5 Å². The molecule has 2 heterocycles. The highest BCUT2D eigenvalue weighted by molar-refractivity contribution is 5.61. The topological polar surface area (TPSA) is 55.1 Å². The van der Waals surface area contributed by atoms with Crippen LogP contribution in [-0.2, 0) is 0 Å². The molecule has 1 N–H and O–H groups in total. The standard InChI is InChI=1S/C10H11N5/c1-3-4-5-11-9-10-14-13-8(2)15(10)7-6-12-9/h1,6-7H,4-5H2,2H3,(H,11,12). The molecule has 2 aromatic rings. The molecule has 0 fully saturated rings. The molecule has 0 saturated heterocycles. The largest absolute Gasteiger partial charge is 0.366 e. The van der Waals surface area contributed by atoms with Gasteiger partial charge in [-0.2, -0.15) is 0 Å². The van der Waals surface area contributed by atoms with Crippen molar-refractivity contribution in [2.24, 2.45) is 0 Å². The van der Waals surface area contributed by atoms with Gasteiger partial charge in [0.15, 0.2) is 5.82 Å². The molecule has 0 amide bonds. The molecule has 2 aromatic heterocycles. The zero-order chi connectivity index (χ0) is 10.7. The number of anilines is 1. The number of aryl methyl sites for hydroxylation is 1. The lowest BCUT2D eigenvalue weighted by Crippen LogP contribution is -2.04. The quantitative estimate of drug-likeness (QED) is 0.591. The van der Waals surface area contributed by atoms with E-state index in [1.54, 1.807) is 6.20 Å². The normalized spacial score (nSPS) is 10.1. The first-order chi connectivity index (χ1) is 7.33. The minimum Gasteiger partial charge on any atom is -0.366 e. The average molecular weight is 201 g/mol. The molecule has 0 aliphatic carbocycles. The number of hydrogen-bond donors (Lipinski definition) is 1. The van der Waals surface area contributed by atoms with Crippen LogP contribution in [-0.4, -0.2) is 26.1 Å². The highest BCUT2D eigenvalue weighted by Gasteiger charge is 2.05. The van der Waals surface area contributed by atoms with Gasteiger partial charge in [-0.3, -0.25) is 4.40 Å². The molecule has 0 radical (unpaired) electrons. The number of terminal acetylenes is 1. The maximum atomic E-state index is 5.17. The molecule has 2 rings (SSSR count). The van der Waals surface area contributed by atoms with E-state index < -0.39 is 0 Å². The van der Waals surface area contributed by atoms with E-state index >= 15 is 0 Å². The van der Waals surface area contributed by atoms with E-state index in [9.17, 15) is 0 Å². The van der Waals surface area contributed by atoms with Crippen molar-refractivity contribution in [3.05, 3.63) is 18.2 Å². The fourth-order valence-electron chi connectivity index (χ4n) is 1.32. The van der Waals surface area contributed by atoms with Gasteiger partial charge in [-0.05, 0) is 6.92 Å². The summed E-state index contributed by atoms with van der Waals surface area (Å²) in [4.78, 5) is 4.19. The van der Waals surface area contributed by atoms with Crippen LogP contribution in [0.4, 0.5) is 5.82 Å². The molecule has 0 aliphatic heterocycles. The van der Waals surface area contributed by atoms with E-state index in [1.165, 1.54) is 0 Å². The Kier molecular flexibility index (Phi) is 2.50. The SMILES string of the molecule is C#CCCNc1nccn2c(C)nnc12. The first kappa shape index (κ1) is 9.46. The van der Waals surface area contributed by atoms with Crippen molar-refractivity contribution >= 4 is 11.5 Å². The zero-order valence-corrected chi connectivity index (χ0v) is 8.44. The van der Waals surface area contributed by atoms with Crippen LogP contribution in [0.2, 0.25) is 0 Å². The van der Waals surface area contributed by atoms with Gasteiger partial charge in [-0.25, -0.2) is 4.98 Å². The number of rotatable bonds is 3. The molecular formula is C10H11N5. The Labute approximate surface area is 87.6 Å². The van der Waals surface area contributed by atoms with Crippen LogP contribution in [0.25, 0.3) is 5.65 Å². The van der Waals surface area contributed by atoms with Crippen molar-refractivity contribution in [1.82, 2.24) is 19.6 Å². The molecule has 76 valence electrons. The monoisotopic (exact) mass is 201 g/mol. The van der Waals surface area contributed by atoms with Crippen LogP contribution in [0, 0.1) is 19.3 Å². The predicted octanol–water partition coefficient (Wildman–Crippen LogP) is 0.868. The van der Waals surface area contributed by atoms with Crippen molar-refractivity contribution in [3.63, 3.8) is 0 Å². The second-order valence-electron chi connectivity index (χ2n) is 3.10. The van der Waals surface area contributed by atoms with Crippen LogP contribution in [0.5, 0.6) is 0 Å². The van der Waals surface area contributed by atoms with Crippen LogP contribution in [0.15, 0.2) is 12.4 Å². The smallest absolute Gasteiger partial charge is 0.203 e. The lowest BCUT2D eigenvalue weighted by molar-refractivity contribution is 0.999. The zero-order valence-electron chi connectivity index (χ0n) is 8.44. The molecule has 0 aliphatic rings. The first-order valence-electron chi connectivity index (χ1n) is 4.66. The third-order valence-electron chi connectivity index (χ3n) is 2.06. The number of nitrogens with zero attached hydrogens (tertiary/aromatic N) is 4. The van der Waals surface area contributed by atoms with Gasteiger partial charge >= 0.3 is 0 Å². The van der Waals surface area contributed by atoms with Gasteiger partial charge in [0.05, 0.1) is 0 Å². The first-order valence-corrected chi connectivity index (χ1v) is 4.66. The van der Waals surface area contributed by atoms with Gasteiger partial charge < -0.3 is 5.32 Å². The van der Waals surface area contributed by atoms with Crippen LogP contribution in [0.1, 0.15) is 12.2 Å². The Morgan fingerprint density at radius 1 is 1.53 bits per heavy atom. The summed E-state index contributed by atoms with van der Waals surface area (Å²) in [6.07, 6.45) is 9.37. The summed E-state index contributed by atoms with van der Waals surface area (Å²) in [5, 5.41) is 11.1. The molecular weight excluding hydrogens is 190 g/mol. The second-order valence-corrected chi connectivity index (χ2v) is 3.10. The highest BCUT2D eigenvalue weighted by Crippen LogP contribution is 2.11. The summed E-state index contributed by atoms with van der Waals surface area (Å²) >= 11 is 0. The predicted molar refractivity (Wildman–Crippen MR) is 57.5 cm³/mol. The second kappa shape index (κ2) is 3.96. The summed E-state index contributed by atoms with van der Waals surface area (Å²) in [6, 6.07) is 0. The molecule has 0 bridgehead atoms. The van der Waals surface area contributed by atoms with E-state index in [-0.39, 0.29) is 0 Å². The third kappa shape index (κ3) is 1.74. The summed E-state index contributed by atoms with van der Waals surface area (Å²) in [5.74, 6) is 4.11. The van der Waals surface area contributed by atoms with Gasteiger partial charge in [0.25, 0.3) is 0 Å². The molecule has 0 saturated carbocycles. The summed E-state index contributed by atoms with van der Waals surface area (Å²) in [5.41, 5.74) is 0.729. The Balaban J connectivity index is 2.31. The number of nitrogens with one attached hydrogen (secondary N) is 1. The van der Waals surface area contributed by atoms with Gasteiger partial charge in [0, 0.05) is 25.4 Å². The molecule has 5 nitrogen and oxygen atoms in total. The van der Waals surface area contributed by atoms with Crippen molar-refractivity contribution in [2.75, 3.05) is 11.9 Å². The molecule has 0 aromatic carbocycles. The summed E-state index contributed by atoms with van der Waals surface area (Å²) < 4.78 is 1.88. The highest BCUT2D eigenvalue weighted by atomic mass is 15.3. The van der Waals surface area contributed by atoms with Crippen LogP contribution >= 0.6 is 0 Å². The van der Waals surface area contributed by atoms with Gasteiger partial charge in [0.1, 0.15) is 5.82 Å². The van der Waals surface area contributed by atoms with Crippen LogP contribution < -0.4 is 5.32 Å². The maximum absolute atomic E-state index is 5.17. The fraction of sp³-hybridized carbons (Fsp3) is 0.300. The Morgan fingerprint density at radius 2 is 2.40 bits per heavy atom. The maximum Gasteiger partial charge on any atom is 0.203 e. The Bertz CT molecular complexity index is 508. The van der Waals surface area contributed by atoms with Gasteiger partial charge in [0.2, 0.25) is 5.65 Å². The summed E-state index contributed by atoms with van der Waals surface area (Å²) in [7, 11) is 0. The lowest BCUT2D eigenvalue weighted by atomic mass is 10.4. The molecule has 5 heteroatoms. The van der Waals surface area contributed by atoms with E-state index in [0.717, 1.165) is 11.5 Å². The van der Waals surface area contributed by atoms with Crippen molar-refractivity contribution < 1.29 is 0 Å². The van der Waals surface area contributed by atoms with Gasteiger partial charge in [-0.15, -0.1) is 22.5 Å². The van der Waals surface area contributed by atoms with Crippen molar-refractivity contribution in [3.8, 4) is 12.3 Å². The summed E-state index contributed by atoms with van der Waals surface area (Å²) in [6.45, 7) is 2.58. The van der Waals surface area contributed by atoms with E-state index in [2.05, 4.69) is 26.4 Å². The van der Waals surface area contributed by atoms with Crippen molar-refractivity contribution in [2.45, 2.75) is 13.3 Å². The average Bonchev–Trinajstić information content (AvgIpc) is 2.62. The number of fused-ring (bicyclic) bond motifs is 1. The fourth-order valence-corrected chi connectivity index (χ4v) is 1.32. The Morgan fingerprint density at radius 3 is 3.20 bits per heavy atom.